The van der Waals surface area contributed by atoms with E-state index in [2.05, 4.69) is 11.0 Å². The molecular weight excluding hydrogens is 534 g/mol. The molecule has 1 fully saturated rings. The van der Waals surface area contributed by atoms with Crippen LogP contribution in [-0.2, 0) is 13.2 Å². The van der Waals surface area contributed by atoms with E-state index in [1.165, 1.54) is 12.3 Å². The van der Waals surface area contributed by atoms with Crippen LogP contribution in [0, 0.1) is 11.3 Å². The quantitative estimate of drug-likeness (QED) is 0.287. The molecule has 1 aliphatic rings. The van der Waals surface area contributed by atoms with Gasteiger partial charge in [-0.3, -0.25) is 14.5 Å². The zero-order valence-electron chi connectivity index (χ0n) is 23.5. The fourth-order valence-corrected chi connectivity index (χ4v) is 4.84. The van der Waals surface area contributed by atoms with E-state index in [-0.39, 0.29) is 23.7 Å². The highest BCUT2D eigenvalue weighted by atomic mass is 16.5. The Balaban J connectivity index is 1.13. The molecule has 0 spiro atoms. The SMILES string of the molecule is COc1cc(OC)cc(C(=O)N2CCN(Cc3cc(=O)c(OCc4ccc(-c5ccccc5C#N)cc4)co3)CC2)c1. The second-order valence-electron chi connectivity index (χ2n) is 9.89. The van der Waals surface area contributed by atoms with Crippen LogP contribution in [0.4, 0.5) is 0 Å². The molecule has 0 N–H and O–H groups in total. The molecule has 3 aromatic carbocycles. The van der Waals surface area contributed by atoms with E-state index in [0.717, 1.165) is 16.7 Å². The average molecular weight is 566 g/mol. The van der Waals surface area contributed by atoms with Crippen LogP contribution in [0.1, 0.15) is 27.2 Å². The van der Waals surface area contributed by atoms with Gasteiger partial charge in [0.15, 0.2) is 0 Å². The Bertz CT molecular complexity index is 1630. The molecular formula is C33H31N3O6. The van der Waals surface area contributed by atoms with E-state index in [9.17, 15) is 14.9 Å². The number of rotatable bonds is 9. The van der Waals surface area contributed by atoms with Crippen molar-refractivity contribution in [3.8, 4) is 34.4 Å². The van der Waals surface area contributed by atoms with Crippen LogP contribution in [-0.4, -0.2) is 56.1 Å². The molecule has 42 heavy (non-hydrogen) atoms. The van der Waals surface area contributed by atoms with Crippen molar-refractivity contribution in [1.29, 1.82) is 5.26 Å². The van der Waals surface area contributed by atoms with Gasteiger partial charge in [-0.25, -0.2) is 0 Å². The molecule has 0 radical (unpaired) electrons. The number of methoxy groups -OCH3 is 2. The number of hydrogen-bond acceptors (Lipinski definition) is 8. The second-order valence-corrected chi connectivity index (χ2v) is 9.89. The van der Waals surface area contributed by atoms with Gasteiger partial charge < -0.3 is 23.5 Å². The van der Waals surface area contributed by atoms with Gasteiger partial charge in [0.05, 0.1) is 32.4 Å². The standard InChI is InChI=1S/C33H31N3O6/c1-39-27-15-26(16-28(17-27)40-2)33(38)36-13-11-35(12-14-36)20-29-18-31(37)32(22-41-29)42-21-23-7-9-24(10-8-23)30-6-4-3-5-25(30)19-34/h3-10,15-18,22H,11-14,20-21H2,1-2H3. The van der Waals surface area contributed by atoms with E-state index >= 15 is 0 Å². The van der Waals surface area contributed by atoms with Crippen molar-refractivity contribution < 1.29 is 23.4 Å². The highest BCUT2D eigenvalue weighted by Gasteiger charge is 2.24. The summed E-state index contributed by atoms with van der Waals surface area (Å²) >= 11 is 0. The maximum absolute atomic E-state index is 13.1. The van der Waals surface area contributed by atoms with Crippen LogP contribution in [0.3, 0.4) is 0 Å². The monoisotopic (exact) mass is 565 g/mol. The van der Waals surface area contributed by atoms with Gasteiger partial charge >= 0.3 is 0 Å². The maximum atomic E-state index is 13.1. The first-order valence-corrected chi connectivity index (χ1v) is 13.5. The van der Waals surface area contributed by atoms with Crippen molar-refractivity contribution in [3.05, 3.63) is 112 Å². The molecule has 1 aliphatic heterocycles. The maximum Gasteiger partial charge on any atom is 0.254 e. The number of nitrogens with zero attached hydrogens (tertiary/aromatic N) is 3. The van der Waals surface area contributed by atoms with Crippen molar-refractivity contribution in [2.75, 3.05) is 40.4 Å². The molecule has 0 unspecified atom stereocenters. The molecule has 0 aliphatic carbocycles. The summed E-state index contributed by atoms with van der Waals surface area (Å²) in [6.07, 6.45) is 1.35. The third-order valence-corrected chi connectivity index (χ3v) is 7.20. The minimum absolute atomic E-state index is 0.0819. The number of carbonyl (C=O) groups excluding carboxylic acids is 1. The molecule has 0 bridgehead atoms. The summed E-state index contributed by atoms with van der Waals surface area (Å²) in [5.41, 5.74) is 3.57. The van der Waals surface area contributed by atoms with Crippen LogP contribution in [0.2, 0.25) is 0 Å². The number of hydrogen-bond donors (Lipinski definition) is 0. The molecule has 4 aromatic rings. The average Bonchev–Trinajstić information content (AvgIpc) is 3.04. The zero-order chi connectivity index (χ0) is 29.5. The lowest BCUT2D eigenvalue weighted by molar-refractivity contribution is 0.0618. The Morgan fingerprint density at radius 3 is 2.26 bits per heavy atom. The van der Waals surface area contributed by atoms with E-state index in [1.54, 1.807) is 43.4 Å². The zero-order valence-corrected chi connectivity index (χ0v) is 23.5. The molecule has 1 saturated heterocycles. The molecule has 1 aromatic heterocycles. The van der Waals surface area contributed by atoms with Crippen LogP contribution in [0.25, 0.3) is 11.1 Å². The topological polar surface area (TPSA) is 105 Å². The number of benzene rings is 3. The number of piperazine rings is 1. The van der Waals surface area contributed by atoms with Gasteiger partial charge in [0, 0.05) is 43.9 Å². The van der Waals surface area contributed by atoms with Gasteiger partial charge in [0.25, 0.3) is 5.91 Å². The minimum Gasteiger partial charge on any atom is -0.497 e. The first-order chi connectivity index (χ1) is 20.5. The fourth-order valence-electron chi connectivity index (χ4n) is 4.84. The summed E-state index contributed by atoms with van der Waals surface area (Å²) in [7, 11) is 3.10. The smallest absolute Gasteiger partial charge is 0.254 e. The Morgan fingerprint density at radius 2 is 1.62 bits per heavy atom. The van der Waals surface area contributed by atoms with E-state index in [0.29, 0.717) is 61.1 Å². The molecule has 1 amide bonds. The molecule has 9 heteroatoms. The van der Waals surface area contributed by atoms with Gasteiger partial charge in [-0.2, -0.15) is 5.26 Å². The van der Waals surface area contributed by atoms with Crippen LogP contribution in [0.5, 0.6) is 17.2 Å². The van der Waals surface area contributed by atoms with Crippen LogP contribution in [0.15, 0.2) is 88.3 Å². The van der Waals surface area contributed by atoms with Crippen LogP contribution >= 0.6 is 0 Å². The third kappa shape index (κ3) is 6.62. The van der Waals surface area contributed by atoms with Gasteiger partial charge in [-0.1, -0.05) is 42.5 Å². The van der Waals surface area contributed by atoms with E-state index in [1.807, 2.05) is 42.5 Å². The summed E-state index contributed by atoms with van der Waals surface area (Å²) in [4.78, 5) is 29.7. The Hall–Kier alpha value is -5.07. The Labute approximate surface area is 244 Å². The van der Waals surface area contributed by atoms with Crippen LogP contribution < -0.4 is 19.6 Å². The number of amides is 1. The highest BCUT2D eigenvalue weighted by Crippen LogP contribution is 2.25. The second kappa shape index (κ2) is 13.1. The molecule has 2 heterocycles. The van der Waals surface area contributed by atoms with Gasteiger partial charge in [-0.05, 0) is 34.9 Å². The summed E-state index contributed by atoms with van der Waals surface area (Å²) in [5, 5.41) is 9.35. The first kappa shape index (κ1) is 28.5. The third-order valence-electron chi connectivity index (χ3n) is 7.20. The molecule has 0 atom stereocenters. The van der Waals surface area contributed by atoms with Crippen molar-refractivity contribution >= 4 is 5.91 Å². The number of ether oxygens (including phenoxy) is 3. The van der Waals surface area contributed by atoms with Gasteiger partial charge in [-0.15, -0.1) is 0 Å². The minimum atomic E-state index is -0.253. The largest absolute Gasteiger partial charge is 0.497 e. The summed E-state index contributed by atoms with van der Waals surface area (Å²) < 4.78 is 22.0. The van der Waals surface area contributed by atoms with Crippen molar-refractivity contribution in [1.82, 2.24) is 9.80 Å². The van der Waals surface area contributed by atoms with Gasteiger partial charge in [0.2, 0.25) is 11.2 Å². The van der Waals surface area contributed by atoms with Crippen molar-refractivity contribution in [3.63, 3.8) is 0 Å². The highest BCUT2D eigenvalue weighted by molar-refractivity contribution is 5.95. The lowest BCUT2D eigenvalue weighted by atomic mass is 9.99. The summed E-state index contributed by atoms with van der Waals surface area (Å²) in [5.74, 6) is 1.72. The lowest BCUT2D eigenvalue weighted by Crippen LogP contribution is -2.48. The Morgan fingerprint density at radius 1 is 0.929 bits per heavy atom. The van der Waals surface area contributed by atoms with Crippen molar-refractivity contribution in [2.45, 2.75) is 13.2 Å². The number of carbonyl (C=O) groups is 1. The molecule has 214 valence electrons. The predicted molar refractivity (Wildman–Crippen MR) is 157 cm³/mol. The fraction of sp³-hybridized carbons (Fsp3) is 0.242. The van der Waals surface area contributed by atoms with E-state index in [4.69, 9.17) is 18.6 Å². The Kier molecular flexibility index (Phi) is 8.85. The summed E-state index contributed by atoms with van der Waals surface area (Å²) in [6.45, 7) is 3.04. The van der Waals surface area contributed by atoms with E-state index < -0.39 is 0 Å². The molecule has 5 rings (SSSR count). The number of nitriles is 1. The summed E-state index contributed by atoms with van der Waals surface area (Å²) in [6, 6.07) is 23.9. The van der Waals surface area contributed by atoms with Gasteiger partial charge in [0.1, 0.15) is 30.1 Å². The predicted octanol–water partition coefficient (Wildman–Crippen LogP) is 4.73. The van der Waals surface area contributed by atoms with Crippen molar-refractivity contribution in [2.24, 2.45) is 0 Å². The lowest BCUT2D eigenvalue weighted by Gasteiger charge is -2.34. The first-order valence-electron chi connectivity index (χ1n) is 13.5. The molecule has 0 saturated carbocycles. The normalized spacial score (nSPS) is 13.3. The molecule has 9 nitrogen and oxygen atoms in total.